The van der Waals surface area contributed by atoms with Crippen molar-refractivity contribution in [1.29, 1.82) is 0 Å². The number of nitrogens with one attached hydrogen (secondary N) is 1. The zero-order chi connectivity index (χ0) is 24.1. The number of amides is 1. The summed E-state index contributed by atoms with van der Waals surface area (Å²) in [5.41, 5.74) is 4.79. The Bertz CT molecular complexity index is 1530. The van der Waals surface area contributed by atoms with Crippen LogP contribution in [-0.2, 0) is 16.0 Å². The van der Waals surface area contributed by atoms with Crippen LogP contribution >= 0.6 is 0 Å². The van der Waals surface area contributed by atoms with Crippen LogP contribution in [-0.4, -0.2) is 28.4 Å². The highest BCUT2D eigenvalue weighted by Crippen LogP contribution is 2.44. The number of benzene rings is 3. The van der Waals surface area contributed by atoms with Crippen LogP contribution in [0.2, 0.25) is 0 Å². The number of fused-ring (bicyclic) bond motifs is 2. The number of H-pyrrole nitrogens is 1. The molecule has 2 N–H and O–H groups in total. The molecule has 6 nitrogen and oxygen atoms in total. The quantitative estimate of drug-likeness (QED) is 0.241. The third kappa shape index (κ3) is 3.41. The molecule has 1 unspecified atom stereocenters. The van der Waals surface area contributed by atoms with Gasteiger partial charge in [0, 0.05) is 33.9 Å². The minimum absolute atomic E-state index is 0.0814. The third-order valence-electron chi connectivity index (χ3n) is 6.82. The number of ketones is 1. The van der Waals surface area contributed by atoms with Gasteiger partial charge in [-0.25, -0.2) is 0 Å². The van der Waals surface area contributed by atoms with E-state index in [-0.39, 0.29) is 11.3 Å². The predicted octanol–water partition coefficient (Wildman–Crippen LogP) is 5.43. The summed E-state index contributed by atoms with van der Waals surface area (Å²) < 4.78 is 5.71. The van der Waals surface area contributed by atoms with Gasteiger partial charge in [-0.05, 0) is 67.3 Å². The molecule has 35 heavy (non-hydrogen) atoms. The number of Topliss-reactive ketones (excluding diaryl/α,β-unsaturated/α-hetero) is 1. The molecule has 0 aliphatic carbocycles. The molecule has 4 aromatic rings. The summed E-state index contributed by atoms with van der Waals surface area (Å²) in [6.07, 6.45) is 3.54. The smallest absolute Gasteiger partial charge is 0.300 e. The van der Waals surface area contributed by atoms with Gasteiger partial charge in [-0.2, -0.15) is 0 Å². The van der Waals surface area contributed by atoms with Gasteiger partial charge in [0.25, 0.3) is 11.7 Å². The molecule has 1 amide bonds. The maximum atomic E-state index is 13.5. The SMILES string of the molecule is Cc1cccc(N2C(=O)C(=O)/C(=C(/O)c3ccc4c(c3)CCCO4)C2c2c[nH]c3ccccc23)c1. The van der Waals surface area contributed by atoms with Crippen LogP contribution in [0.1, 0.15) is 34.7 Å². The van der Waals surface area contributed by atoms with Crippen molar-refractivity contribution < 1.29 is 19.4 Å². The predicted molar refractivity (Wildman–Crippen MR) is 135 cm³/mol. The molecule has 0 spiro atoms. The Morgan fingerprint density at radius 2 is 1.91 bits per heavy atom. The lowest BCUT2D eigenvalue weighted by molar-refractivity contribution is -0.132. The molecule has 1 fully saturated rings. The van der Waals surface area contributed by atoms with Crippen LogP contribution in [0, 0.1) is 6.92 Å². The summed E-state index contributed by atoms with van der Waals surface area (Å²) in [5, 5.41) is 12.4. The number of carbonyl (C=O) groups is 2. The van der Waals surface area contributed by atoms with Crippen molar-refractivity contribution in [2.75, 3.05) is 11.5 Å². The number of carbonyl (C=O) groups excluding carboxylic acids is 2. The minimum atomic E-state index is -0.778. The van der Waals surface area contributed by atoms with E-state index >= 15 is 0 Å². The second-order valence-corrected chi connectivity index (χ2v) is 9.07. The van der Waals surface area contributed by atoms with E-state index in [0.717, 1.165) is 46.2 Å². The number of aromatic nitrogens is 1. The summed E-state index contributed by atoms with van der Waals surface area (Å²) in [5.74, 6) is -0.745. The number of aliphatic hydroxyl groups excluding tert-OH is 1. The lowest BCUT2D eigenvalue weighted by atomic mass is 9.93. The highest BCUT2D eigenvalue weighted by molar-refractivity contribution is 6.51. The van der Waals surface area contributed by atoms with Crippen LogP contribution in [0.3, 0.4) is 0 Å². The summed E-state index contributed by atoms with van der Waals surface area (Å²) >= 11 is 0. The lowest BCUT2D eigenvalue weighted by Crippen LogP contribution is -2.29. The number of para-hydroxylation sites is 1. The van der Waals surface area contributed by atoms with Gasteiger partial charge in [-0.3, -0.25) is 14.5 Å². The molecule has 0 radical (unpaired) electrons. The normalized spacial score (nSPS) is 19.1. The van der Waals surface area contributed by atoms with Crippen LogP contribution in [0.4, 0.5) is 5.69 Å². The Kier molecular flexibility index (Phi) is 4.95. The molecule has 1 saturated heterocycles. The maximum absolute atomic E-state index is 13.5. The van der Waals surface area contributed by atoms with E-state index in [1.807, 2.05) is 73.8 Å². The first-order valence-corrected chi connectivity index (χ1v) is 11.7. The number of aliphatic hydroxyl groups is 1. The Morgan fingerprint density at radius 1 is 1.06 bits per heavy atom. The molecule has 0 saturated carbocycles. The number of aryl methyl sites for hydroxylation is 2. The first kappa shape index (κ1) is 21.2. The molecule has 6 heteroatoms. The average Bonchev–Trinajstić information content (AvgIpc) is 3.41. The van der Waals surface area contributed by atoms with Crippen molar-refractivity contribution in [1.82, 2.24) is 4.98 Å². The number of aromatic amines is 1. The van der Waals surface area contributed by atoms with Crippen molar-refractivity contribution in [3.63, 3.8) is 0 Å². The Balaban J connectivity index is 1.58. The monoisotopic (exact) mass is 464 g/mol. The number of hydrogen-bond donors (Lipinski definition) is 2. The number of anilines is 1. The van der Waals surface area contributed by atoms with Crippen molar-refractivity contribution in [3.05, 3.63) is 101 Å². The van der Waals surface area contributed by atoms with E-state index in [9.17, 15) is 14.7 Å². The zero-order valence-electron chi connectivity index (χ0n) is 19.2. The van der Waals surface area contributed by atoms with Crippen LogP contribution in [0.5, 0.6) is 5.75 Å². The van der Waals surface area contributed by atoms with Crippen LogP contribution < -0.4 is 9.64 Å². The van der Waals surface area contributed by atoms with Gasteiger partial charge < -0.3 is 14.8 Å². The molecule has 3 heterocycles. The summed E-state index contributed by atoms with van der Waals surface area (Å²) in [4.78, 5) is 31.7. The molecule has 1 atom stereocenters. The fraction of sp³-hybridized carbons (Fsp3) is 0.172. The molecule has 1 aromatic heterocycles. The van der Waals surface area contributed by atoms with Gasteiger partial charge in [-0.1, -0.05) is 30.3 Å². The number of nitrogens with zero attached hydrogens (tertiary/aromatic N) is 1. The standard InChI is InChI=1S/C29H24N2O4/c1-17-6-4-8-20(14-17)31-26(22-16-30-23-10-3-2-9-21(22)23)25(28(33)29(31)34)27(32)19-11-12-24-18(15-19)7-5-13-35-24/h2-4,6,8-12,14-16,26,30,32H,5,7,13H2,1H3/b27-25+. The van der Waals surface area contributed by atoms with Gasteiger partial charge in [0.05, 0.1) is 18.2 Å². The number of rotatable bonds is 3. The average molecular weight is 465 g/mol. The molecule has 0 bridgehead atoms. The van der Waals surface area contributed by atoms with E-state index < -0.39 is 17.7 Å². The van der Waals surface area contributed by atoms with E-state index in [2.05, 4.69) is 4.98 Å². The van der Waals surface area contributed by atoms with Gasteiger partial charge in [-0.15, -0.1) is 0 Å². The highest BCUT2D eigenvalue weighted by atomic mass is 16.5. The van der Waals surface area contributed by atoms with Crippen molar-refractivity contribution >= 4 is 34.0 Å². The van der Waals surface area contributed by atoms with Gasteiger partial charge in [0.2, 0.25) is 0 Å². The van der Waals surface area contributed by atoms with E-state index in [4.69, 9.17) is 4.74 Å². The molecular weight excluding hydrogens is 440 g/mol. The van der Waals surface area contributed by atoms with E-state index in [0.29, 0.717) is 17.9 Å². The van der Waals surface area contributed by atoms with E-state index in [1.54, 1.807) is 6.07 Å². The first-order valence-electron chi connectivity index (χ1n) is 11.7. The lowest BCUT2D eigenvalue weighted by Gasteiger charge is -2.25. The maximum Gasteiger partial charge on any atom is 0.300 e. The summed E-state index contributed by atoms with van der Waals surface area (Å²) in [7, 11) is 0. The van der Waals surface area contributed by atoms with Crippen molar-refractivity contribution in [2.24, 2.45) is 0 Å². The fourth-order valence-corrected chi connectivity index (χ4v) is 5.15. The molecule has 6 rings (SSSR count). The minimum Gasteiger partial charge on any atom is -0.507 e. The molecule has 2 aliphatic rings. The second-order valence-electron chi connectivity index (χ2n) is 9.07. The molecule has 3 aromatic carbocycles. The van der Waals surface area contributed by atoms with Gasteiger partial charge >= 0.3 is 0 Å². The highest BCUT2D eigenvalue weighted by Gasteiger charge is 2.47. The molecular formula is C29H24N2O4. The third-order valence-corrected chi connectivity index (χ3v) is 6.82. The fourth-order valence-electron chi connectivity index (χ4n) is 5.15. The van der Waals surface area contributed by atoms with Crippen LogP contribution in [0.25, 0.3) is 16.7 Å². The molecule has 2 aliphatic heterocycles. The van der Waals surface area contributed by atoms with E-state index in [1.165, 1.54) is 4.90 Å². The Labute approximate surface area is 202 Å². The number of hydrogen-bond acceptors (Lipinski definition) is 4. The first-order chi connectivity index (χ1) is 17.0. The molecule has 174 valence electrons. The topological polar surface area (TPSA) is 82.6 Å². The second kappa shape index (κ2) is 8.17. The Hall–Kier alpha value is -4.32. The summed E-state index contributed by atoms with van der Waals surface area (Å²) in [6, 6.07) is 19.9. The van der Waals surface area contributed by atoms with Crippen molar-refractivity contribution in [2.45, 2.75) is 25.8 Å². The van der Waals surface area contributed by atoms with Gasteiger partial charge in [0.1, 0.15) is 11.5 Å². The Morgan fingerprint density at radius 3 is 2.77 bits per heavy atom. The largest absolute Gasteiger partial charge is 0.507 e. The number of ether oxygens (including phenoxy) is 1. The zero-order valence-corrected chi connectivity index (χ0v) is 19.2. The van der Waals surface area contributed by atoms with Gasteiger partial charge in [0.15, 0.2) is 0 Å². The van der Waals surface area contributed by atoms with Crippen molar-refractivity contribution in [3.8, 4) is 5.75 Å². The summed E-state index contributed by atoms with van der Waals surface area (Å²) in [6.45, 7) is 2.61. The van der Waals surface area contributed by atoms with Crippen LogP contribution in [0.15, 0.2) is 78.5 Å².